The standard InChI is InChI=1S/C65H77BN2/c1-39-31-55-58-56(32-39)68(52-36-48-45(33-40(52)2)63(12,13)38-64(48,14)15)54-37-47-46(60(6,7)27-28-61(47,8)9)35-50(54)66(58)49-25-23-43(65(16,17)42-21-19-18-20-22-42)34-53(49)67(55)51-26-24-44-57(41(51)3)62(10,11)30-29-59(44,4)5/h18-26,31-37H,27-30,38H2,1-17H3/i1D3. The average Bonchev–Trinajstić information content (AvgIpc) is 3.47. The number of anilines is 6. The first-order valence-corrected chi connectivity index (χ1v) is 25.9. The van der Waals surface area contributed by atoms with Crippen molar-refractivity contribution in [2.45, 2.75) is 188 Å². The predicted octanol–water partition coefficient (Wildman–Crippen LogP) is 15.7. The number of hydrogen-bond donors (Lipinski definition) is 0. The van der Waals surface area contributed by atoms with Crippen molar-refractivity contribution in [2.75, 3.05) is 9.80 Å². The molecule has 0 saturated heterocycles. The lowest BCUT2D eigenvalue weighted by Gasteiger charge is -2.48. The average molecular weight is 900 g/mol. The van der Waals surface area contributed by atoms with E-state index in [4.69, 9.17) is 0 Å². The third kappa shape index (κ3) is 6.41. The second-order valence-electron chi connectivity index (χ2n) is 26.5. The molecule has 0 spiro atoms. The van der Waals surface area contributed by atoms with Gasteiger partial charge >= 0.3 is 0 Å². The maximum Gasteiger partial charge on any atom is 0.252 e. The number of hydrogen-bond acceptors (Lipinski definition) is 2. The van der Waals surface area contributed by atoms with Gasteiger partial charge in [-0.1, -0.05) is 158 Å². The molecular formula is C65H77BN2. The van der Waals surface area contributed by atoms with Crippen molar-refractivity contribution < 1.29 is 4.11 Å². The molecule has 0 radical (unpaired) electrons. The summed E-state index contributed by atoms with van der Waals surface area (Å²) in [7, 11) is 0. The molecule has 0 unspecified atom stereocenters. The molecule has 68 heavy (non-hydrogen) atoms. The van der Waals surface area contributed by atoms with E-state index in [1.54, 1.807) is 0 Å². The molecule has 2 nitrogen and oxygen atoms in total. The Labute approximate surface area is 415 Å². The van der Waals surface area contributed by atoms with Gasteiger partial charge < -0.3 is 9.80 Å². The van der Waals surface area contributed by atoms with Gasteiger partial charge in [0.15, 0.2) is 0 Å². The molecule has 5 aliphatic rings. The fourth-order valence-electron chi connectivity index (χ4n) is 14.6. The third-order valence-electron chi connectivity index (χ3n) is 18.6. The van der Waals surface area contributed by atoms with Crippen LogP contribution in [0.25, 0.3) is 0 Å². The van der Waals surface area contributed by atoms with Crippen molar-refractivity contribution in [3.8, 4) is 0 Å². The first-order valence-electron chi connectivity index (χ1n) is 27.4. The van der Waals surface area contributed by atoms with Crippen LogP contribution in [0.1, 0.15) is 194 Å². The summed E-state index contributed by atoms with van der Waals surface area (Å²) in [6.45, 7) is 35.8. The van der Waals surface area contributed by atoms with E-state index in [0.29, 0.717) is 5.56 Å². The SMILES string of the molecule is [2H]C([2H])([2H])c1cc2c3c(c1)N(c1ccc4c(c1C)C(C)(C)CCC4(C)C)c1cc(C(C)(C)c4ccccc4)ccc1B3c1cc3c(cc1N2c1cc2c(cc1C)C(C)(C)CC2(C)C)C(C)(C)CCC3(C)C. The van der Waals surface area contributed by atoms with Crippen LogP contribution in [-0.4, -0.2) is 6.71 Å². The highest BCUT2D eigenvalue weighted by atomic mass is 15.2. The molecule has 6 aromatic carbocycles. The Morgan fingerprint density at radius 3 is 1.63 bits per heavy atom. The van der Waals surface area contributed by atoms with Crippen LogP contribution in [0.15, 0.2) is 97.1 Å². The van der Waals surface area contributed by atoms with Crippen LogP contribution in [0.3, 0.4) is 0 Å². The lowest BCUT2D eigenvalue weighted by atomic mass is 9.33. The van der Waals surface area contributed by atoms with Gasteiger partial charge in [0.1, 0.15) is 0 Å². The number of aryl methyl sites for hydroxylation is 2. The lowest BCUT2D eigenvalue weighted by molar-refractivity contribution is 0.330. The van der Waals surface area contributed by atoms with Gasteiger partial charge in [-0.15, -0.1) is 0 Å². The zero-order chi connectivity index (χ0) is 51.1. The Bertz CT molecular complexity index is 3240. The van der Waals surface area contributed by atoms with E-state index in [9.17, 15) is 4.11 Å². The Hall–Kier alpha value is -5.02. The van der Waals surface area contributed by atoms with E-state index in [2.05, 4.69) is 218 Å². The molecule has 11 rings (SSSR count). The monoisotopic (exact) mass is 900 g/mol. The zero-order valence-electron chi connectivity index (χ0n) is 47.2. The van der Waals surface area contributed by atoms with Gasteiger partial charge in [-0.3, -0.25) is 0 Å². The van der Waals surface area contributed by atoms with Gasteiger partial charge in [0.25, 0.3) is 6.71 Å². The van der Waals surface area contributed by atoms with Crippen LogP contribution in [0.2, 0.25) is 0 Å². The van der Waals surface area contributed by atoms with Crippen molar-refractivity contribution in [1.29, 1.82) is 0 Å². The molecule has 0 bridgehead atoms. The number of rotatable bonds is 4. The Kier molecular flexibility index (Phi) is 8.81. The summed E-state index contributed by atoms with van der Waals surface area (Å²) in [4.78, 5) is 5.03. The quantitative estimate of drug-likeness (QED) is 0.162. The van der Waals surface area contributed by atoms with E-state index in [1.807, 2.05) is 0 Å². The van der Waals surface area contributed by atoms with Crippen LogP contribution in [-0.2, 0) is 37.9 Å². The van der Waals surface area contributed by atoms with Gasteiger partial charge in [-0.05, 0) is 199 Å². The molecule has 2 heterocycles. The Morgan fingerprint density at radius 2 is 1.00 bits per heavy atom. The van der Waals surface area contributed by atoms with Gasteiger partial charge in [-0.2, -0.15) is 0 Å². The summed E-state index contributed by atoms with van der Waals surface area (Å²) in [5.74, 6) is 0. The first kappa shape index (κ1) is 41.9. The molecular weight excluding hydrogens is 820 g/mol. The Morgan fingerprint density at radius 1 is 0.471 bits per heavy atom. The van der Waals surface area contributed by atoms with Gasteiger partial charge in [0.2, 0.25) is 0 Å². The van der Waals surface area contributed by atoms with Crippen molar-refractivity contribution in [1.82, 2.24) is 0 Å². The smallest absolute Gasteiger partial charge is 0.252 e. The van der Waals surface area contributed by atoms with Crippen LogP contribution in [0, 0.1) is 20.7 Å². The number of fused-ring (bicyclic) bond motifs is 7. The number of nitrogens with zero attached hydrogens (tertiary/aromatic N) is 2. The topological polar surface area (TPSA) is 6.48 Å². The Balaban J connectivity index is 1.30. The predicted molar refractivity (Wildman–Crippen MR) is 294 cm³/mol. The fraction of sp³-hybridized carbons (Fsp3) is 0.446. The largest absolute Gasteiger partial charge is 0.311 e. The molecule has 0 amide bonds. The molecule has 3 heteroatoms. The molecule has 0 aromatic heterocycles. The molecule has 0 saturated carbocycles. The normalized spacial score (nSPS) is 21.3. The highest BCUT2D eigenvalue weighted by Gasteiger charge is 2.49. The van der Waals surface area contributed by atoms with Crippen LogP contribution < -0.4 is 26.2 Å². The van der Waals surface area contributed by atoms with Crippen LogP contribution in [0.5, 0.6) is 0 Å². The second-order valence-corrected chi connectivity index (χ2v) is 26.5. The summed E-state index contributed by atoms with van der Waals surface area (Å²) in [5, 5.41) is 0. The molecule has 2 aliphatic heterocycles. The lowest BCUT2D eigenvalue weighted by Crippen LogP contribution is -2.62. The molecule has 6 aromatic rings. The van der Waals surface area contributed by atoms with E-state index in [0.717, 1.165) is 60.5 Å². The highest BCUT2D eigenvalue weighted by molar-refractivity contribution is 7.00. The summed E-state index contributed by atoms with van der Waals surface area (Å²) in [5.41, 5.74) is 23.7. The highest BCUT2D eigenvalue weighted by Crippen LogP contribution is 2.56. The first-order chi connectivity index (χ1) is 32.9. The van der Waals surface area contributed by atoms with Crippen molar-refractivity contribution in [3.63, 3.8) is 0 Å². The molecule has 0 fully saturated rings. The van der Waals surface area contributed by atoms with E-state index >= 15 is 0 Å². The van der Waals surface area contributed by atoms with Crippen molar-refractivity contribution in [2.24, 2.45) is 0 Å². The second kappa shape index (κ2) is 14.3. The minimum Gasteiger partial charge on any atom is -0.311 e. The molecule has 350 valence electrons. The van der Waals surface area contributed by atoms with Crippen molar-refractivity contribution >= 4 is 57.2 Å². The summed E-state index contributed by atoms with van der Waals surface area (Å²) in [6.07, 6.45) is 5.53. The maximum absolute atomic E-state index is 9.29. The molecule has 3 aliphatic carbocycles. The zero-order valence-corrected chi connectivity index (χ0v) is 44.2. The van der Waals surface area contributed by atoms with Gasteiger partial charge in [-0.25, -0.2) is 0 Å². The minimum atomic E-state index is -2.37. The van der Waals surface area contributed by atoms with E-state index in [-0.39, 0.29) is 44.6 Å². The summed E-state index contributed by atoms with van der Waals surface area (Å²) >= 11 is 0. The molecule has 0 N–H and O–H groups in total. The fourth-order valence-corrected chi connectivity index (χ4v) is 14.6. The van der Waals surface area contributed by atoms with Crippen LogP contribution >= 0.6 is 0 Å². The maximum atomic E-state index is 9.29. The summed E-state index contributed by atoms with van der Waals surface area (Å²) in [6, 6.07) is 37.2. The molecule has 0 atom stereocenters. The van der Waals surface area contributed by atoms with E-state index < -0.39 is 6.85 Å². The minimum absolute atomic E-state index is 0.0219. The van der Waals surface area contributed by atoms with E-state index in [1.165, 1.54) is 77.7 Å². The van der Waals surface area contributed by atoms with Crippen LogP contribution in [0.4, 0.5) is 34.1 Å². The summed E-state index contributed by atoms with van der Waals surface area (Å²) < 4.78 is 27.9. The van der Waals surface area contributed by atoms with Gasteiger partial charge in [0.05, 0.1) is 0 Å². The van der Waals surface area contributed by atoms with Crippen molar-refractivity contribution in [3.05, 3.63) is 158 Å². The van der Waals surface area contributed by atoms with Gasteiger partial charge in [0, 0.05) is 43.7 Å². The number of benzene rings is 6. The third-order valence-corrected chi connectivity index (χ3v) is 18.6.